The van der Waals surface area contributed by atoms with Crippen LogP contribution in [0, 0.1) is 6.92 Å². The number of aryl methyl sites for hydroxylation is 1. The molecular formula is C16H13IN+. The van der Waals surface area contributed by atoms with E-state index in [0.717, 1.165) is 0 Å². The molecule has 3 aromatic rings. The van der Waals surface area contributed by atoms with E-state index in [1.807, 2.05) is 0 Å². The highest BCUT2D eigenvalue weighted by molar-refractivity contribution is 14.1. The number of fused-ring (bicyclic) bond motifs is 1. The number of pyridine rings is 1. The summed E-state index contributed by atoms with van der Waals surface area (Å²) < 4.78 is 2.17. The quantitative estimate of drug-likeness (QED) is 0.579. The number of benzene rings is 2. The molecule has 2 aromatic carbocycles. The molecule has 0 N–H and O–H groups in total. The van der Waals surface area contributed by atoms with Crippen molar-refractivity contribution >= 4 is 33.6 Å². The van der Waals surface area contributed by atoms with Crippen molar-refractivity contribution in [1.29, 1.82) is 0 Å². The smallest absolute Gasteiger partial charge is 0.136 e. The molecule has 18 heavy (non-hydrogen) atoms. The fourth-order valence-electron chi connectivity index (χ4n) is 2.29. The van der Waals surface area contributed by atoms with E-state index in [0.29, 0.717) is 0 Å². The van der Waals surface area contributed by atoms with Gasteiger partial charge in [-0.25, -0.2) is 0 Å². The van der Waals surface area contributed by atoms with Crippen LogP contribution >= 0.6 is 22.9 Å². The highest BCUT2D eigenvalue weighted by Crippen LogP contribution is 2.28. The topological polar surface area (TPSA) is 3.88 Å². The first kappa shape index (κ1) is 11.7. The van der Waals surface area contributed by atoms with Crippen LogP contribution in [0.15, 0.2) is 60.8 Å². The Morgan fingerprint density at radius 2 is 1.61 bits per heavy atom. The van der Waals surface area contributed by atoms with E-state index in [9.17, 15) is 0 Å². The van der Waals surface area contributed by atoms with Crippen LogP contribution in [0.1, 0.15) is 5.56 Å². The Balaban J connectivity index is 2.42. The molecule has 0 aliphatic heterocycles. The third-order valence-electron chi connectivity index (χ3n) is 3.21. The van der Waals surface area contributed by atoms with Crippen LogP contribution in [0.5, 0.6) is 0 Å². The molecule has 0 atom stereocenters. The lowest BCUT2D eigenvalue weighted by molar-refractivity contribution is -0.425. The number of halogens is 1. The van der Waals surface area contributed by atoms with Crippen molar-refractivity contribution in [2.75, 3.05) is 0 Å². The summed E-state index contributed by atoms with van der Waals surface area (Å²) in [4.78, 5) is 0. The molecule has 0 aliphatic rings. The summed E-state index contributed by atoms with van der Waals surface area (Å²) in [6.07, 6.45) is 2.12. The van der Waals surface area contributed by atoms with Gasteiger partial charge in [0.1, 0.15) is 0 Å². The molecule has 1 nitrogen and oxygen atoms in total. The summed E-state index contributed by atoms with van der Waals surface area (Å²) in [6, 6.07) is 19.2. The van der Waals surface area contributed by atoms with E-state index < -0.39 is 0 Å². The van der Waals surface area contributed by atoms with Gasteiger partial charge in [0.2, 0.25) is 5.69 Å². The van der Waals surface area contributed by atoms with Crippen molar-refractivity contribution in [1.82, 2.24) is 0 Å². The van der Waals surface area contributed by atoms with Crippen LogP contribution in [-0.4, -0.2) is 0 Å². The van der Waals surface area contributed by atoms with Gasteiger partial charge >= 0.3 is 22.9 Å². The highest BCUT2D eigenvalue weighted by atomic mass is 127. The third-order valence-corrected chi connectivity index (χ3v) is 4.02. The van der Waals surface area contributed by atoms with Crippen LogP contribution in [0.25, 0.3) is 22.0 Å². The second-order valence-electron chi connectivity index (χ2n) is 4.38. The highest BCUT2D eigenvalue weighted by Gasteiger charge is 2.17. The SMILES string of the molecule is Cc1ccccc1-c1c2ccccc2cc[n+]1I. The summed E-state index contributed by atoms with van der Waals surface area (Å²) in [5.41, 5.74) is 3.87. The van der Waals surface area contributed by atoms with Gasteiger partial charge in [-0.05, 0) is 30.0 Å². The lowest BCUT2D eigenvalue weighted by Crippen LogP contribution is -2.22. The predicted molar refractivity (Wildman–Crippen MR) is 83.7 cm³/mol. The summed E-state index contributed by atoms with van der Waals surface area (Å²) in [5.74, 6) is 0. The number of nitrogens with zero attached hydrogens (tertiary/aromatic N) is 1. The molecule has 0 aliphatic carbocycles. The third kappa shape index (κ3) is 1.90. The Morgan fingerprint density at radius 1 is 0.889 bits per heavy atom. The second-order valence-corrected chi connectivity index (χ2v) is 5.42. The van der Waals surface area contributed by atoms with Crippen molar-refractivity contribution < 1.29 is 2.78 Å². The van der Waals surface area contributed by atoms with E-state index in [-0.39, 0.29) is 0 Å². The number of hydrogen-bond donors (Lipinski definition) is 0. The van der Waals surface area contributed by atoms with E-state index in [1.54, 1.807) is 0 Å². The molecule has 1 heterocycles. The van der Waals surface area contributed by atoms with Crippen LogP contribution < -0.4 is 2.78 Å². The minimum Gasteiger partial charge on any atom is -0.136 e. The number of hydrogen-bond acceptors (Lipinski definition) is 0. The fraction of sp³-hybridized carbons (Fsp3) is 0.0625. The van der Waals surface area contributed by atoms with Gasteiger partial charge in [0.15, 0.2) is 6.20 Å². The van der Waals surface area contributed by atoms with E-state index >= 15 is 0 Å². The summed E-state index contributed by atoms with van der Waals surface area (Å²) in [6.45, 7) is 2.16. The maximum Gasteiger partial charge on any atom is 0.354 e. The summed E-state index contributed by atoms with van der Waals surface area (Å²) in [5, 5.41) is 2.58. The minimum absolute atomic E-state index is 1.27. The first-order valence-corrected chi connectivity index (χ1v) is 6.89. The zero-order valence-corrected chi connectivity index (χ0v) is 12.3. The zero-order chi connectivity index (χ0) is 12.5. The average Bonchev–Trinajstić information content (AvgIpc) is 2.40. The van der Waals surface area contributed by atoms with Gasteiger partial charge in [-0.3, -0.25) is 0 Å². The maximum absolute atomic E-state index is 2.35. The summed E-state index contributed by atoms with van der Waals surface area (Å²) >= 11 is 2.35. The number of rotatable bonds is 1. The van der Waals surface area contributed by atoms with Crippen LogP contribution in [0.2, 0.25) is 0 Å². The van der Waals surface area contributed by atoms with Crippen molar-refractivity contribution in [3.63, 3.8) is 0 Å². The molecule has 0 radical (unpaired) electrons. The van der Waals surface area contributed by atoms with Gasteiger partial charge in [0.05, 0.1) is 10.9 Å². The van der Waals surface area contributed by atoms with Gasteiger partial charge in [-0.15, -0.1) is 2.78 Å². The predicted octanol–water partition coefficient (Wildman–Crippen LogP) is 4.30. The second kappa shape index (κ2) is 4.69. The first-order chi connectivity index (χ1) is 8.77. The fourth-order valence-corrected chi connectivity index (χ4v) is 2.97. The monoisotopic (exact) mass is 346 g/mol. The lowest BCUT2D eigenvalue weighted by atomic mass is 10.0. The molecule has 2 heteroatoms. The van der Waals surface area contributed by atoms with E-state index in [4.69, 9.17) is 0 Å². The van der Waals surface area contributed by atoms with E-state index in [2.05, 4.69) is 93.4 Å². The molecule has 0 fully saturated rings. The molecule has 3 rings (SSSR count). The van der Waals surface area contributed by atoms with Gasteiger partial charge in [-0.1, -0.05) is 36.4 Å². The lowest BCUT2D eigenvalue weighted by Gasteiger charge is -2.05. The van der Waals surface area contributed by atoms with Crippen LogP contribution in [0.3, 0.4) is 0 Å². The van der Waals surface area contributed by atoms with Gasteiger partial charge in [-0.2, -0.15) is 0 Å². The molecule has 1 aromatic heterocycles. The Bertz CT molecular complexity index is 719. The van der Waals surface area contributed by atoms with E-state index in [1.165, 1.54) is 27.6 Å². The molecular weight excluding hydrogens is 333 g/mol. The molecule has 0 unspecified atom stereocenters. The Labute approximate surface area is 121 Å². The molecule has 0 saturated carbocycles. The van der Waals surface area contributed by atoms with Crippen molar-refractivity contribution in [3.8, 4) is 11.3 Å². The Morgan fingerprint density at radius 3 is 2.44 bits per heavy atom. The molecule has 0 bridgehead atoms. The van der Waals surface area contributed by atoms with Gasteiger partial charge < -0.3 is 0 Å². The van der Waals surface area contributed by atoms with Crippen molar-refractivity contribution in [2.24, 2.45) is 0 Å². The molecule has 0 spiro atoms. The molecule has 88 valence electrons. The average molecular weight is 346 g/mol. The molecule has 0 amide bonds. The normalized spacial score (nSPS) is 10.8. The Hall–Kier alpha value is -1.42. The first-order valence-electron chi connectivity index (χ1n) is 5.93. The van der Waals surface area contributed by atoms with Gasteiger partial charge in [0, 0.05) is 6.07 Å². The number of aromatic nitrogens is 1. The van der Waals surface area contributed by atoms with Crippen LogP contribution in [-0.2, 0) is 0 Å². The summed E-state index contributed by atoms with van der Waals surface area (Å²) in [7, 11) is 0. The van der Waals surface area contributed by atoms with Crippen LogP contribution in [0.4, 0.5) is 0 Å². The standard InChI is InChI=1S/C16H13IN/c1-12-6-2-4-8-14(12)16-15-9-5-3-7-13(15)10-11-18(16)17/h2-11H,1H3/q+1. The Kier molecular flexibility index (Phi) is 3.04. The maximum atomic E-state index is 2.35. The van der Waals surface area contributed by atoms with Crippen molar-refractivity contribution in [2.45, 2.75) is 6.92 Å². The molecule has 0 saturated heterocycles. The largest absolute Gasteiger partial charge is 0.354 e. The van der Waals surface area contributed by atoms with Gasteiger partial charge in [0.25, 0.3) is 0 Å². The zero-order valence-electron chi connectivity index (χ0n) is 10.1. The van der Waals surface area contributed by atoms with Crippen molar-refractivity contribution in [3.05, 3.63) is 66.4 Å². The minimum atomic E-state index is 1.27.